The first-order valence-corrected chi connectivity index (χ1v) is 8.92. The molecule has 0 unspecified atom stereocenters. The average Bonchev–Trinajstić information content (AvgIpc) is 3.29. The summed E-state index contributed by atoms with van der Waals surface area (Å²) in [6.45, 7) is 0.255. The van der Waals surface area contributed by atoms with Gasteiger partial charge in [-0.1, -0.05) is 36.4 Å². The first-order chi connectivity index (χ1) is 13.7. The van der Waals surface area contributed by atoms with Crippen LogP contribution in [0.4, 0.5) is 4.79 Å². The van der Waals surface area contributed by atoms with Crippen LogP contribution in [0.15, 0.2) is 59.0 Å². The summed E-state index contributed by atoms with van der Waals surface area (Å²) in [5.41, 5.74) is 0.319. The minimum Gasteiger partial charge on any atom is -0.493 e. The second-order valence-electron chi connectivity index (χ2n) is 6.69. The third-order valence-electron chi connectivity index (χ3n) is 5.04. The molecule has 28 heavy (non-hydrogen) atoms. The van der Waals surface area contributed by atoms with Gasteiger partial charge in [-0.15, -0.1) is 10.2 Å². The zero-order chi connectivity index (χ0) is 19.1. The molecule has 3 aromatic rings. The molecule has 2 aromatic carbocycles. The number of fused-ring (bicyclic) bond motifs is 2. The highest BCUT2D eigenvalue weighted by Gasteiger charge is 2.55. The monoisotopic (exact) mass is 376 g/mol. The van der Waals surface area contributed by atoms with Gasteiger partial charge in [0.1, 0.15) is 12.3 Å². The number of aromatic nitrogens is 2. The highest BCUT2D eigenvalue weighted by Crippen LogP contribution is 2.41. The largest absolute Gasteiger partial charge is 0.493 e. The lowest BCUT2D eigenvalue weighted by atomic mass is 9.84. The Labute approximate surface area is 160 Å². The molecule has 3 heterocycles. The van der Waals surface area contributed by atoms with Gasteiger partial charge >= 0.3 is 6.03 Å². The molecule has 1 atom stereocenters. The Morgan fingerprint density at radius 1 is 1.04 bits per heavy atom. The number of nitrogens with zero attached hydrogens (tertiary/aromatic N) is 3. The number of carbonyl (C=O) groups excluding carboxylic acids is 2. The van der Waals surface area contributed by atoms with Crippen molar-refractivity contribution in [2.75, 3.05) is 6.61 Å². The fraction of sp³-hybridized carbons (Fsp3) is 0.200. The van der Waals surface area contributed by atoms with Crippen LogP contribution in [0.5, 0.6) is 5.75 Å². The Kier molecular flexibility index (Phi) is 3.65. The fourth-order valence-corrected chi connectivity index (χ4v) is 3.67. The number of hydrogen-bond acceptors (Lipinski definition) is 6. The molecule has 0 bridgehead atoms. The van der Waals surface area contributed by atoms with Crippen LogP contribution >= 0.6 is 0 Å². The van der Waals surface area contributed by atoms with Crippen LogP contribution in [-0.4, -0.2) is 33.6 Å². The molecule has 3 amide bonds. The SMILES string of the molecule is O=C1N[C@]2(CCOc3ccccc32)C(=O)N1Cc1nnc(-c2ccccc2)o1. The normalized spacial score (nSPS) is 20.8. The lowest BCUT2D eigenvalue weighted by molar-refractivity contribution is -0.133. The van der Waals surface area contributed by atoms with E-state index in [4.69, 9.17) is 9.15 Å². The summed E-state index contributed by atoms with van der Waals surface area (Å²) in [4.78, 5) is 27.0. The van der Waals surface area contributed by atoms with Gasteiger partial charge in [-0.25, -0.2) is 4.79 Å². The summed E-state index contributed by atoms with van der Waals surface area (Å²) in [6, 6.07) is 16.1. The summed E-state index contributed by atoms with van der Waals surface area (Å²) >= 11 is 0. The van der Waals surface area contributed by atoms with Gasteiger partial charge in [-0.05, 0) is 18.2 Å². The maximum Gasteiger partial charge on any atom is 0.325 e. The zero-order valence-corrected chi connectivity index (χ0v) is 14.8. The van der Waals surface area contributed by atoms with E-state index in [2.05, 4.69) is 15.5 Å². The maximum absolute atomic E-state index is 13.2. The van der Waals surface area contributed by atoms with Crippen LogP contribution in [0.25, 0.3) is 11.5 Å². The predicted molar refractivity (Wildman–Crippen MR) is 97.0 cm³/mol. The quantitative estimate of drug-likeness (QED) is 0.705. The molecule has 1 aromatic heterocycles. The minimum absolute atomic E-state index is 0.0880. The van der Waals surface area contributed by atoms with Crippen LogP contribution in [0.3, 0.4) is 0 Å². The van der Waals surface area contributed by atoms with Gasteiger partial charge in [0, 0.05) is 17.5 Å². The first kappa shape index (κ1) is 16.5. The molecular weight excluding hydrogens is 360 g/mol. The van der Waals surface area contributed by atoms with Crippen molar-refractivity contribution in [3.8, 4) is 17.2 Å². The number of amides is 3. The minimum atomic E-state index is -1.12. The molecule has 1 N–H and O–H groups in total. The van der Waals surface area contributed by atoms with Crippen LogP contribution < -0.4 is 10.1 Å². The number of imide groups is 1. The molecule has 5 rings (SSSR count). The van der Waals surface area contributed by atoms with Gasteiger partial charge < -0.3 is 14.5 Å². The van der Waals surface area contributed by atoms with E-state index in [1.807, 2.05) is 42.5 Å². The topological polar surface area (TPSA) is 97.6 Å². The highest BCUT2D eigenvalue weighted by molar-refractivity contribution is 6.07. The van der Waals surface area contributed by atoms with E-state index >= 15 is 0 Å². The Hall–Kier alpha value is -3.68. The van der Waals surface area contributed by atoms with Gasteiger partial charge in [-0.2, -0.15) is 0 Å². The summed E-state index contributed by atoms with van der Waals surface area (Å²) in [5.74, 6) is 0.801. The predicted octanol–water partition coefficient (Wildman–Crippen LogP) is 2.47. The first-order valence-electron chi connectivity index (χ1n) is 8.92. The maximum atomic E-state index is 13.2. The number of nitrogens with one attached hydrogen (secondary N) is 1. The Morgan fingerprint density at radius 3 is 2.68 bits per heavy atom. The zero-order valence-electron chi connectivity index (χ0n) is 14.8. The number of rotatable bonds is 3. The molecule has 2 aliphatic rings. The molecule has 1 saturated heterocycles. The summed E-state index contributed by atoms with van der Waals surface area (Å²) < 4.78 is 11.3. The molecule has 0 radical (unpaired) electrons. The number of ether oxygens (including phenoxy) is 1. The van der Waals surface area contributed by atoms with Crippen LogP contribution in [0, 0.1) is 0 Å². The van der Waals surface area contributed by atoms with E-state index in [0.29, 0.717) is 30.2 Å². The lowest BCUT2D eigenvalue weighted by Gasteiger charge is -2.33. The highest BCUT2D eigenvalue weighted by atomic mass is 16.5. The van der Waals surface area contributed by atoms with Crippen molar-refractivity contribution in [3.05, 3.63) is 66.1 Å². The van der Waals surface area contributed by atoms with Crippen molar-refractivity contribution in [1.29, 1.82) is 0 Å². The molecule has 8 heteroatoms. The van der Waals surface area contributed by atoms with E-state index in [-0.39, 0.29) is 18.3 Å². The van der Waals surface area contributed by atoms with E-state index in [1.54, 1.807) is 12.1 Å². The molecule has 1 spiro atoms. The van der Waals surface area contributed by atoms with E-state index in [9.17, 15) is 9.59 Å². The molecule has 0 saturated carbocycles. The fourth-order valence-electron chi connectivity index (χ4n) is 3.67. The number of para-hydroxylation sites is 1. The van der Waals surface area contributed by atoms with Gasteiger partial charge in [0.25, 0.3) is 5.91 Å². The molecule has 140 valence electrons. The van der Waals surface area contributed by atoms with Crippen molar-refractivity contribution in [2.24, 2.45) is 0 Å². The molecule has 0 aliphatic carbocycles. The molecule has 2 aliphatic heterocycles. The van der Waals surface area contributed by atoms with Gasteiger partial charge in [0.15, 0.2) is 5.54 Å². The van der Waals surface area contributed by atoms with Gasteiger partial charge in [0.05, 0.1) is 6.61 Å². The summed E-state index contributed by atoms with van der Waals surface area (Å²) in [7, 11) is 0. The molecular formula is C20H16N4O4. The van der Waals surface area contributed by atoms with Crippen molar-refractivity contribution in [2.45, 2.75) is 18.5 Å². The summed E-state index contributed by atoms with van der Waals surface area (Å²) in [5, 5.41) is 10.9. The van der Waals surface area contributed by atoms with E-state index < -0.39 is 11.6 Å². The Morgan fingerprint density at radius 2 is 1.82 bits per heavy atom. The van der Waals surface area contributed by atoms with Crippen LogP contribution in [0.2, 0.25) is 0 Å². The number of benzene rings is 2. The third-order valence-corrected chi connectivity index (χ3v) is 5.04. The van der Waals surface area contributed by atoms with E-state index in [1.165, 1.54) is 0 Å². The molecule has 8 nitrogen and oxygen atoms in total. The lowest BCUT2D eigenvalue weighted by Crippen LogP contribution is -2.47. The van der Waals surface area contributed by atoms with Gasteiger partial charge in [0.2, 0.25) is 11.8 Å². The van der Waals surface area contributed by atoms with Crippen LogP contribution in [0.1, 0.15) is 17.9 Å². The van der Waals surface area contributed by atoms with Crippen molar-refractivity contribution in [3.63, 3.8) is 0 Å². The Bertz CT molecular complexity index is 1060. The van der Waals surface area contributed by atoms with Gasteiger partial charge in [-0.3, -0.25) is 9.69 Å². The second kappa shape index (κ2) is 6.19. The van der Waals surface area contributed by atoms with Crippen molar-refractivity contribution in [1.82, 2.24) is 20.4 Å². The van der Waals surface area contributed by atoms with Crippen molar-refractivity contribution >= 4 is 11.9 Å². The van der Waals surface area contributed by atoms with E-state index in [0.717, 1.165) is 10.5 Å². The van der Waals surface area contributed by atoms with Crippen LogP contribution in [-0.2, 0) is 16.9 Å². The summed E-state index contributed by atoms with van der Waals surface area (Å²) in [6.07, 6.45) is 0.365. The molecule has 1 fully saturated rings. The Balaban J connectivity index is 1.43. The number of hydrogen-bond donors (Lipinski definition) is 1. The standard InChI is InChI=1S/C20H16N4O4/c25-18-20(10-11-27-15-9-5-4-8-14(15)20)21-19(26)24(18)12-16-22-23-17(28-16)13-6-2-1-3-7-13/h1-9H,10-12H2,(H,21,26)/t20-/m0/s1. The number of carbonyl (C=O) groups is 2. The average molecular weight is 376 g/mol. The van der Waals surface area contributed by atoms with Crippen molar-refractivity contribution < 1.29 is 18.7 Å². The smallest absolute Gasteiger partial charge is 0.325 e. The third kappa shape index (κ3) is 2.45. The second-order valence-corrected chi connectivity index (χ2v) is 6.69. The number of urea groups is 1.